The Labute approximate surface area is 103 Å². The SMILES string of the molecule is C[C@@H]1CN(S(=O)(=O)N2CCOCC2)[C@H](C)CO1. The van der Waals surface area contributed by atoms with Crippen molar-refractivity contribution in [2.24, 2.45) is 0 Å². The highest BCUT2D eigenvalue weighted by Crippen LogP contribution is 2.19. The van der Waals surface area contributed by atoms with Gasteiger partial charge in [0.2, 0.25) is 0 Å². The van der Waals surface area contributed by atoms with E-state index in [4.69, 9.17) is 9.47 Å². The predicted octanol–water partition coefficient (Wildman–Crippen LogP) is -0.327. The van der Waals surface area contributed by atoms with Gasteiger partial charge < -0.3 is 9.47 Å². The second-order valence-electron chi connectivity index (χ2n) is 4.58. The van der Waals surface area contributed by atoms with Crippen LogP contribution in [-0.2, 0) is 19.7 Å². The van der Waals surface area contributed by atoms with Crippen LogP contribution in [0, 0.1) is 0 Å². The van der Waals surface area contributed by atoms with Gasteiger partial charge in [0, 0.05) is 25.7 Å². The summed E-state index contributed by atoms with van der Waals surface area (Å²) >= 11 is 0. The van der Waals surface area contributed by atoms with Crippen LogP contribution >= 0.6 is 0 Å². The standard InChI is InChI=1S/C10H20N2O4S/c1-9-8-16-10(2)7-12(9)17(13,14)11-3-5-15-6-4-11/h9-10H,3-8H2,1-2H3/t9-,10-/m1/s1. The second-order valence-corrected chi connectivity index (χ2v) is 6.46. The van der Waals surface area contributed by atoms with Crippen molar-refractivity contribution in [3.8, 4) is 0 Å². The fourth-order valence-electron chi connectivity index (χ4n) is 2.12. The Bertz CT molecular complexity index is 353. The molecule has 0 radical (unpaired) electrons. The summed E-state index contributed by atoms with van der Waals surface area (Å²) in [6, 6.07) is -0.0981. The Kier molecular flexibility index (Phi) is 4.04. The number of hydrogen-bond acceptors (Lipinski definition) is 4. The molecule has 2 atom stereocenters. The summed E-state index contributed by atoms with van der Waals surface area (Å²) in [4.78, 5) is 0. The van der Waals surface area contributed by atoms with Gasteiger partial charge in [0.25, 0.3) is 10.2 Å². The molecule has 2 saturated heterocycles. The number of rotatable bonds is 2. The van der Waals surface area contributed by atoms with Crippen molar-refractivity contribution in [1.82, 2.24) is 8.61 Å². The first-order valence-electron chi connectivity index (χ1n) is 5.98. The average Bonchev–Trinajstić information content (AvgIpc) is 2.33. The van der Waals surface area contributed by atoms with Crippen molar-refractivity contribution >= 4 is 10.2 Å². The van der Waals surface area contributed by atoms with Gasteiger partial charge in [-0.25, -0.2) is 0 Å². The van der Waals surface area contributed by atoms with Gasteiger partial charge in [-0.1, -0.05) is 0 Å². The van der Waals surface area contributed by atoms with E-state index in [0.717, 1.165) is 0 Å². The monoisotopic (exact) mass is 264 g/mol. The van der Waals surface area contributed by atoms with Gasteiger partial charge in [0.05, 0.1) is 25.9 Å². The number of nitrogens with zero attached hydrogens (tertiary/aromatic N) is 2. The van der Waals surface area contributed by atoms with Crippen LogP contribution < -0.4 is 0 Å². The van der Waals surface area contributed by atoms with Gasteiger partial charge in [-0.15, -0.1) is 0 Å². The fourth-order valence-corrected chi connectivity index (χ4v) is 3.94. The van der Waals surface area contributed by atoms with E-state index in [1.165, 1.54) is 4.31 Å². The molecule has 0 aliphatic carbocycles. The van der Waals surface area contributed by atoms with Crippen molar-refractivity contribution < 1.29 is 17.9 Å². The molecular weight excluding hydrogens is 244 g/mol. The Hall–Kier alpha value is -0.210. The van der Waals surface area contributed by atoms with E-state index in [2.05, 4.69) is 0 Å². The van der Waals surface area contributed by atoms with Crippen LogP contribution in [0.25, 0.3) is 0 Å². The van der Waals surface area contributed by atoms with Crippen LogP contribution in [0.15, 0.2) is 0 Å². The van der Waals surface area contributed by atoms with Crippen LogP contribution in [-0.4, -0.2) is 68.6 Å². The summed E-state index contributed by atoms with van der Waals surface area (Å²) in [5.41, 5.74) is 0. The number of ether oxygens (including phenoxy) is 2. The predicted molar refractivity (Wildman–Crippen MR) is 62.9 cm³/mol. The highest BCUT2D eigenvalue weighted by Gasteiger charge is 2.37. The zero-order chi connectivity index (χ0) is 12.5. The van der Waals surface area contributed by atoms with Gasteiger partial charge in [0.1, 0.15) is 0 Å². The first-order chi connectivity index (χ1) is 8.01. The minimum absolute atomic E-state index is 0.0398. The van der Waals surface area contributed by atoms with Crippen molar-refractivity contribution in [2.75, 3.05) is 39.5 Å². The maximum atomic E-state index is 12.4. The van der Waals surface area contributed by atoms with Crippen molar-refractivity contribution in [2.45, 2.75) is 26.0 Å². The minimum Gasteiger partial charge on any atom is -0.379 e. The lowest BCUT2D eigenvalue weighted by molar-refractivity contribution is -0.0208. The lowest BCUT2D eigenvalue weighted by Crippen LogP contribution is -2.56. The summed E-state index contributed by atoms with van der Waals surface area (Å²) in [6.07, 6.45) is -0.0398. The highest BCUT2D eigenvalue weighted by molar-refractivity contribution is 7.86. The van der Waals surface area contributed by atoms with Crippen molar-refractivity contribution in [3.63, 3.8) is 0 Å². The maximum Gasteiger partial charge on any atom is 0.282 e. The molecular formula is C10H20N2O4S. The molecule has 100 valence electrons. The number of hydrogen-bond donors (Lipinski definition) is 0. The molecule has 0 aromatic carbocycles. The molecule has 0 amide bonds. The van der Waals surface area contributed by atoms with Crippen molar-refractivity contribution in [1.29, 1.82) is 0 Å². The van der Waals surface area contributed by atoms with E-state index in [0.29, 0.717) is 39.5 Å². The molecule has 2 aliphatic rings. The molecule has 17 heavy (non-hydrogen) atoms. The summed E-state index contributed by atoms with van der Waals surface area (Å²) in [7, 11) is -3.36. The Morgan fingerprint density at radius 1 is 1.18 bits per heavy atom. The topological polar surface area (TPSA) is 59.1 Å². The van der Waals surface area contributed by atoms with E-state index in [-0.39, 0.29) is 12.1 Å². The molecule has 2 fully saturated rings. The first-order valence-corrected chi connectivity index (χ1v) is 7.38. The van der Waals surface area contributed by atoms with Crippen LogP contribution in [0.1, 0.15) is 13.8 Å². The fraction of sp³-hybridized carbons (Fsp3) is 1.00. The zero-order valence-corrected chi connectivity index (χ0v) is 11.1. The molecule has 2 rings (SSSR count). The molecule has 6 nitrogen and oxygen atoms in total. The van der Waals surface area contributed by atoms with Crippen LogP contribution in [0.4, 0.5) is 0 Å². The van der Waals surface area contributed by atoms with Crippen LogP contribution in [0.2, 0.25) is 0 Å². The molecule has 0 aromatic heterocycles. The third-order valence-corrected chi connectivity index (χ3v) is 5.26. The highest BCUT2D eigenvalue weighted by atomic mass is 32.2. The van der Waals surface area contributed by atoms with E-state index in [9.17, 15) is 8.42 Å². The molecule has 0 unspecified atom stereocenters. The minimum atomic E-state index is -3.36. The van der Waals surface area contributed by atoms with Gasteiger partial charge in [-0.05, 0) is 13.8 Å². The third kappa shape index (κ3) is 2.79. The summed E-state index contributed by atoms with van der Waals surface area (Å²) in [5, 5.41) is 0. The van der Waals surface area contributed by atoms with Gasteiger partial charge in [0.15, 0.2) is 0 Å². The molecule has 0 aromatic rings. The van der Waals surface area contributed by atoms with Crippen LogP contribution in [0.3, 0.4) is 0 Å². The molecule has 0 bridgehead atoms. The molecule has 2 aliphatic heterocycles. The quantitative estimate of drug-likeness (QED) is 0.685. The van der Waals surface area contributed by atoms with Crippen molar-refractivity contribution in [3.05, 3.63) is 0 Å². The Morgan fingerprint density at radius 3 is 2.47 bits per heavy atom. The lowest BCUT2D eigenvalue weighted by atomic mass is 10.2. The molecule has 2 heterocycles. The Morgan fingerprint density at radius 2 is 1.82 bits per heavy atom. The van der Waals surface area contributed by atoms with E-state index >= 15 is 0 Å². The molecule has 7 heteroatoms. The molecule has 0 N–H and O–H groups in total. The normalized spacial score (nSPS) is 33.8. The molecule has 0 saturated carbocycles. The van der Waals surface area contributed by atoms with Gasteiger partial charge in [-0.3, -0.25) is 0 Å². The van der Waals surface area contributed by atoms with Crippen LogP contribution in [0.5, 0.6) is 0 Å². The summed E-state index contributed by atoms with van der Waals surface area (Å²) in [6.45, 7) is 6.52. The third-order valence-electron chi connectivity index (χ3n) is 3.14. The summed E-state index contributed by atoms with van der Waals surface area (Å²) < 4.78 is 38.6. The second kappa shape index (κ2) is 5.19. The largest absolute Gasteiger partial charge is 0.379 e. The number of morpholine rings is 2. The molecule has 0 spiro atoms. The lowest BCUT2D eigenvalue weighted by Gasteiger charge is -2.39. The first kappa shape index (κ1) is 13.2. The van der Waals surface area contributed by atoms with E-state index < -0.39 is 10.2 Å². The van der Waals surface area contributed by atoms with E-state index in [1.54, 1.807) is 4.31 Å². The smallest absolute Gasteiger partial charge is 0.282 e. The van der Waals surface area contributed by atoms with E-state index in [1.807, 2.05) is 13.8 Å². The maximum absolute atomic E-state index is 12.4. The van der Waals surface area contributed by atoms with Gasteiger partial charge >= 0.3 is 0 Å². The summed E-state index contributed by atoms with van der Waals surface area (Å²) in [5.74, 6) is 0. The van der Waals surface area contributed by atoms with Gasteiger partial charge in [-0.2, -0.15) is 17.0 Å². The zero-order valence-electron chi connectivity index (χ0n) is 10.3. The average molecular weight is 264 g/mol. The Balaban J connectivity index is 2.12.